The van der Waals surface area contributed by atoms with Crippen molar-refractivity contribution in [3.63, 3.8) is 0 Å². The lowest BCUT2D eigenvalue weighted by atomic mass is 9.85. The molecule has 0 radical (unpaired) electrons. The molecule has 0 saturated carbocycles. The maximum absolute atomic E-state index is 13.2. The first kappa shape index (κ1) is 18.9. The molecule has 4 rings (SSSR count). The molecular weight excluding hydrogens is 368 g/mol. The average molecular weight is 390 g/mol. The van der Waals surface area contributed by atoms with Gasteiger partial charge in [-0.1, -0.05) is 48.5 Å². The van der Waals surface area contributed by atoms with Gasteiger partial charge >= 0.3 is 5.97 Å². The predicted octanol–water partition coefficient (Wildman–Crippen LogP) is 2.87. The molecule has 1 N–H and O–H groups in total. The Labute approximate surface area is 168 Å². The molecule has 29 heavy (non-hydrogen) atoms. The number of piperidine rings is 1. The zero-order valence-corrected chi connectivity index (χ0v) is 16.1. The number of benzene rings is 2. The zero-order chi connectivity index (χ0) is 20.4. The summed E-state index contributed by atoms with van der Waals surface area (Å²) >= 11 is 0. The molecule has 2 atom stereocenters. The summed E-state index contributed by atoms with van der Waals surface area (Å²) < 4.78 is 4.78. The lowest BCUT2D eigenvalue weighted by molar-refractivity contribution is -0.161. The van der Waals surface area contributed by atoms with Crippen LogP contribution in [0.2, 0.25) is 0 Å². The summed E-state index contributed by atoms with van der Waals surface area (Å²) in [7, 11) is 1.24. The number of Topliss-reactive ketones (excluding diaryl/α,β-unsaturated/α-hetero) is 1. The van der Waals surface area contributed by atoms with Crippen molar-refractivity contribution in [3.8, 4) is 0 Å². The van der Waals surface area contributed by atoms with E-state index in [2.05, 4.69) is 4.98 Å². The molecular formula is C23H22N2O4. The van der Waals surface area contributed by atoms with E-state index in [9.17, 15) is 14.4 Å². The minimum Gasteiger partial charge on any atom is -0.468 e. The van der Waals surface area contributed by atoms with E-state index < -0.39 is 17.9 Å². The van der Waals surface area contributed by atoms with Gasteiger partial charge in [-0.05, 0) is 17.2 Å². The summed E-state index contributed by atoms with van der Waals surface area (Å²) in [5, 5.41) is 1.01. The Hall–Kier alpha value is -3.41. The SMILES string of the molecule is COC(=O)C1CC(=O)N(Cc2ccccc2)C(Cc2c[nH]c3ccccc23)C1=O. The second-order valence-electron chi connectivity index (χ2n) is 7.27. The summed E-state index contributed by atoms with van der Waals surface area (Å²) in [6, 6.07) is 16.7. The van der Waals surface area contributed by atoms with Gasteiger partial charge in [-0.3, -0.25) is 14.4 Å². The minimum atomic E-state index is -1.05. The van der Waals surface area contributed by atoms with Gasteiger partial charge in [-0.15, -0.1) is 0 Å². The van der Waals surface area contributed by atoms with Gasteiger partial charge in [0, 0.05) is 36.5 Å². The Kier molecular flexibility index (Phi) is 5.16. The summed E-state index contributed by atoms with van der Waals surface area (Å²) in [6.07, 6.45) is 2.06. The van der Waals surface area contributed by atoms with Crippen molar-refractivity contribution in [2.45, 2.75) is 25.4 Å². The third-order valence-electron chi connectivity index (χ3n) is 5.52. The third kappa shape index (κ3) is 3.66. The predicted molar refractivity (Wildman–Crippen MR) is 108 cm³/mol. The van der Waals surface area contributed by atoms with Crippen LogP contribution in [0.5, 0.6) is 0 Å². The second kappa shape index (κ2) is 7.91. The van der Waals surface area contributed by atoms with Crippen LogP contribution in [-0.4, -0.2) is 40.7 Å². The number of carbonyl (C=O) groups excluding carboxylic acids is 3. The van der Waals surface area contributed by atoms with E-state index in [4.69, 9.17) is 4.74 Å². The van der Waals surface area contributed by atoms with Crippen LogP contribution in [0.3, 0.4) is 0 Å². The smallest absolute Gasteiger partial charge is 0.316 e. The fourth-order valence-corrected chi connectivity index (χ4v) is 3.99. The number of hydrogen-bond acceptors (Lipinski definition) is 4. The van der Waals surface area contributed by atoms with Crippen LogP contribution in [-0.2, 0) is 32.1 Å². The molecule has 1 aliphatic rings. The number of amides is 1. The number of ketones is 1. The number of fused-ring (bicyclic) bond motifs is 1. The van der Waals surface area contributed by atoms with Crippen LogP contribution in [0, 0.1) is 5.92 Å². The number of H-pyrrole nitrogens is 1. The molecule has 1 amide bonds. The van der Waals surface area contributed by atoms with Gasteiger partial charge in [-0.2, -0.15) is 0 Å². The van der Waals surface area contributed by atoms with Crippen LogP contribution in [0.25, 0.3) is 10.9 Å². The quantitative estimate of drug-likeness (QED) is 0.537. The van der Waals surface area contributed by atoms with Gasteiger partial charge < -0.3 is 14.6 Å². The molecule has 1 aliphatic heterocycles. The van der Waals surface area contributed by atoms with Crippen LogP contribution in [0.4, 0.5) is 0 Å². The van der Waals surface area contributed by atoms with Crippen molar-refractivity contribution in [3.05, 3.63) is 71.9 Å². The van der Waals surface area contributed by atoms with Crippen LogP contribution < -0.4 is 0 Å². The molecule has 2 aromatic carbocycles. The fraction of sp³-hybridized carbons (Fsp3) is 0.261. The van der Waals surface area contributed by atoms with Crippen molar-refractivity contribution < 1.29 is 19.1 Å². The summed E-state index contributed by atoms with van der Waals surface area (Å²) in [5.74, 6) is -2.17. The maximum Gasteiger partial charge on any atom is 0.316 e. The van der Waals surface area contributed by atoms with Crippen molar-refractivity contribution in [1.29, 1.82) is 0 Å². The van der Waals surface area contributed by atoms with E-state index in [-0.39, 0.29) is 18.1 Å². The number of aromatic nitrogens is 1. The molecule has 148 valence electrons. The standard InChI is InChI=1S/C23H22N2O4/c1-29-23(28)18-12-21(26)25(14-15-7-3-2-4-8-15)20(22(18)27)11-16-13-24-19-10-6-5-9-17(16)19/h2-10,13,18,20,24H,11-12,14H2,1H3. The van der Waals surface area contributed by atoms with Crippen LogP contribution in [0.15, 0.2) is 60.8 Å². The first-order valence-corrected chi connectivity index (χ1v) is 9.58. The van der Waals surface area contributed by atoms with Gasteiger partial charge in [0.05, 0.1) is 13.2 Å². The molecule has 0 aliphatic carbocycles. The normalized spacial score (nSPS) is 19.6. The molecule has 0 spiro atoms. The number of ether oxygens (including phenoxy) is 1. The van der Waals surface area contributed by atoms with Gasteiger partial charge in [0.2, 0.25) is 5.91 Å². The van der Waals surface area contributed by atoms with E-state index in [1.54, 1.807) is 4.90 Å². The molecule has 1 aromatic heterocycles. The monoisotopic (exact) mass is 390 g/mol. The van der Waals surface area contributed by atoms with Crippen molar-refractivity contribution >= 4 is 28.6 Å². The number of hydrogen-bond donors (Lipinski definition) is 1. The Bertz CT molecular complexity index is 1060. The van der Waals surface area contributed by atoms with E-state index in [1.165, 1.54) is 7.11 Å². The highest BCUT2D eigenvalue weighted by Gasteiger charge is 2.44. The van der Waals surface area contributed by atoms with E-state index in [0.29, 0.717) is 13.0 Å². The highest BCUT2D eigenvalue weighted by atomic mass is 16.5. The van der Waals surface area contributed by atoms with Crippen molar-refractivity contribution in [1.82, 2.24) is 9.88 Å². The molecule has 2 unspecified atom stereocenters. The molecule has 0 bridgehead atoms. The number of carbonyl (C=O) groups is 3. The van der Waals surface area contributed by atoms with E-state index in [1.807, 2.05) is 60.8 Å². The highest BCUT2D eigenvalue weighted by Crippen LogP contribution is 2.28. The third-order valence-corrected chi connectivity index (χ3v) is 5.52. The number of para-hydroxylation sites is 1. The van der Waals surface area contributed by atoms with Crippen LogP contribution >= 0.6 is 0 Å². The molecule has 1 saturated heterocycles. The molecule has 3 aromatic rings. The number of likely N-dealkylation sites (tertiary alicyclic amines) is 1. The largest absolute Gasteiger partial charge is 0.468 e. The highest BCUT2D eigenvalue weighted by molar-refractivity contribution is 6.08. The Morgan fingerprint density at radius 3 is 2.59 bits per heavy atom. The van der Waals surface area contributed by atoms with E-state index >= 15 is 0 Å². The molecule has 6 heteroatoms. The summed E-state index contributed by atoms with van der Waals surface area (Å²) in [4.78, 5) is 43.1. The second-order valence-corrected chi connectivity index (χ2v) is 7.27. The fourth-order valence-electron chi connectivity index (χ4n) is 3.99. The maximum atomic E-state index is 13.2. The molecule has 1 fully saturated rings. The lowest BCUT2D eigenvalue weighted by Crippen LogP contribution is -2.55. The number of esters is 1. The Morgan fingerprint density at radius 2 is 1.83 bits per heavy atom. The van der Waals surface area contributed by atoms with Crippen molar-refractivity contribution in [2.24, 2.45) is 5.92 Å². The van der Waals surface area contributed by atoms with Crippen LogP contribution in [0.1, 0.15) is 17.5 Å². The van der Waals surface area contributed by atoms with Gasteiger partial charge in [-0.25, -0.2) is 0 Å². The first-order chi connectivity index (χ1) is 14.1. The topological polar surface area (TPSA) is 79.5 Å². The zero-order valence-electron chi connectivity index (χ0n) is 16.1. The van der Waals surface area contributed by atoms with Crippen molar-refractivity contribution in [2.75, 3.05) is 7.11 Å². The minimum absolute atomic E-state index is 0.150. The molecule has 6 nitrogen and oxygen atoms in total. The lowest BCUT2D eigenvalue weighted by Gasteiger charge is -2.37. The molecule has 2 heterocycles. The Morgan fingerprint density at radius 1 is 1.10 bits per heavy atom. The van der Waals surface area contributed by atoms with E-state index in [0.717, 1.165) is 22.0 Å². The number of aromatic amines is 1. The van der Waals surface area contributed by atoms with Gasteiger partial charge in [0.1, 0.15) is 5.92 Å². The summed E-state index contributed by atoms with van der Waals surface area (Å²) in [6.45, 7) is 0.326. The van der Waals surface area contributed by atoms with Gasteiger partial charge in [0.15, 0.2) is 5.78 Å². The Balaban J connectivity index is 1.69. The first-order valence-electron chi connectivity index (χ1n) is 9.58. The average Bonchev–Trinajstić information content (AvgIpc) is 3.16. The number of methoxy groups -OCH3 is 1. The number of rotatable bonds is 5. The number of nitrogens with zero attached hydrogens (tertiary/aromatic N) is 1. The summed E-state index contributed by atoms with van der Waals surface area (Å²) in [5.41, 5.74) is 2.85. The number of nitrogens with one attached hydrogen (secondary N) is 1. The van der Waals surface area contributed by atoms with Gasteiger partial charge in [0.25, 0.3) is 0 Å².